The van der Waals surface area contributed by atoms with Gasteiger partial charge in [0.2, 0.25) is 5.91 Å². The lowest BCUT2D eigenvalue weighted by atomic mass is 9.98. The smallest absolute Gasteiger partial charge is 0.408 e. The highest BCUT2D eigenvalue weighted by atomic mass is 32.2. The molecule has 0 fully saturated rings. The number of methoxy groups -OCH3 is 1. The summed E-state index contributed by atoms with van der Waals surface area (Å²) in [6, 6.07) is 12.6. The molecule has 0 aliphatic rings. The molecule has 2 rings (SSSR count). The van der Waals surface area contributed by atoms with E-state index in [0.717, 1.165) is 5.56 Å². The van der Waals surface area contributed by atoms with Gasteiger partial charge in [-0.25, -0.2) is 4.79 Å². The van der Waals surface area contributed by atoms with Gasteiger partial charge >= 0.3 is 6.09 Å². The molecule has 3 amide bonds. The molecule has 2 unspecified atom stereocenters. The summed E-state index contributed by atoms with van der Waals surface area (Å²) in [5.41, 5.74) is 1.43. The van der Waals surface area contributed by atoms with E-state index in [1.807, 2.05) is 37.4 Å². The lowest BCUT2D eigenvalue weighted by Gasteiger charge is -2.32. The fraction of sp³-hybridized carbons (Fsp3) is 0.444. The number of carbonyl (C=O) groups is 3. The van der Waals surface area contributed by atoms with E-state index in [4.69, 9.17) is 9.47 Å². The normalized spacial score (nSPS) is 12.8. The van der Waals surface area contributed by atoms with Gasteiger partial charge in [0, 0.05) is 12.7 Å². The number of carbonyl (C=O) groups excluding carboxylic acids is 3. The van der Waals surface area contributed by atoms with Crippen LogP contribution in [0.1, 0.15) is 44.4 Å². The highest BCUT2D eigenvalue weighted by Crippen LogP contribution is 2.26. The summed E-state index contributed by atoms with van der Waals surface area (Å²) in [6.45, 7) is 7.17. The molecule has 8 nitrogen and oxygen atoms in total. The van der Waals surface area contributed by atoms with Crippen LogP contribution in [0.3, 0.4) is 0 Å². The van der Waals surface area contributed by atoms with Crippen molar-refractivity contribution >= 4 is 35.4 Å². The number of amides is 3. The topological polar surface area (TPSA) is 97.0 Å². The molecule has 2 N–H and O–H groups in total. The number of hydrogen-bond acceptors (Lipinski definition) is 6. The van der Waals surface area contributed by atoms with Crippen molar-refractivity contribution in [3.05, 3.63) is 59.7 Å². The molecule has 36 heavy (non-hydrogen) atoms. The van der Waals surface area contributed by atoms with E-state index in [9.17, 15) is 14.4 Å². The van der Waals surface area contributed by atoms with E-state index in [1.54, 1.807) is 71.0 Å². The van der Waals surface area contributed by atoms with Crippen LogP contribution in [-0.4, -0.2) is 60.6 Å². The Morgan fingerprint density at radius 2 is 1.69 bits per heavy atom. The number of nitrogens with one attached hydrogen (secondary N) is 2. The molecule has 0 aliphatic carbocycles. The molecule has 2 atom stereocenters. The fourth-order valence-electron chi connectivity index (χ4n) is 3.62. The average Bonchev–Trinajstić information content (AvgIpc) is 2.82. The van der Waals surface area contributed by atoms with Crippen molar-refractivity contribution < 1.29 is 23.9 Å². The average molecular weight is 516 g/mol. The zero-order chi connectivity index (χ0) is 26.9. The molecule has 0 aliphatic heterocycles. The molecule has 2 aromatic rings. The number of hydrogen-bond donors (Lipinski definition) is 2. The number of likely N-dealkylation sites (N-methyl/N-ethyl adjacent to an activating group) is 1. The molecule has 0 saturated heterocycles. The number of aryl methyl sites for hydroxylation is 1. The SMILES string of the molecule is COc1ccc(NC(=O)C(c2ccccc2C)N(C)C(=O)C(CCSC)NC(=O)OC(C)(C)C)cc1. The van der Waals surface area contributed by atoms with Crippen molar-refractivity contribution in [1.82, 2.24) is 10.2 Å². The van der Waals surface area contributed by atoms with Crippen molar-refractivity contribution in [3.63, 3.8) is 0 Å². The number of benzene rings is 2. The molecule has 0 heterocycles. The van der Waals surface area contributed by atoms with E-state index in [0.29, 0.717) is 29.2 Å². The number of rotatable bonds is 10. The Hall–Kier alpha value is -3.20. The maximum atomic E-state index is 13.7. The van der Waals surface area contributed by atoms with Gasteiger partial charge in [0.25, 0.3) is 5.91 Å². The van der Waals surface area contributed by atoms with E-state index in [2.05, 4.69) is 10.6 Å². The zero-order valence-electron chi connectivity index (χ0n) is 22.1. The van der Waals surface area contributed by atoms with Crippen LogP contribution >= 0.6 is 11.8 Å². The van der Waals surface area contributed by atoms with Crippen molar-refractivity contribution in [2.45, 2.75) is 51.8 Å². The minimum Gasteiger partial charge on any atom is -0.497 e. The van der Waals surface area contributed by atoms with Gasteiger partial charge < -0.3 is 25.0 Å². The largest absolute Gasteiger partial charge is 0.497 e. The second-order valence-corrected chi connectivity index (χ2v) is 10.4. The van der Waals surface area contributed by atoms with Crippen molar-refractivity contribution in [2.75, 3.05) is 31.5 Å². The van der Waals surface area contributed by atoms with Gasteiger partial charge in [-0.15, -0.1) is 0 Å². The van der Waals surface area contributed by atoms with Gasteiger partial charge in [-0.2, -0.15) is 11.8 Å². The van der Waals surface area contributed by atoms with Crippen LogP contribution in [0.2, 0.25) is 0 Å². The third-order valence-corrected chi connectivity index (χ3v) is 6.07. The van der Waals surface area contributed by atoms with E-state index >= 15 is 0 Å². The molecule has 0 bridgehead atoms. The Morgan fingerprint density at radius 3 is 2.25 bits per heavy atom. The molecule has 196 valence electrons. The summed E-state index contributed by atoms with van der Waals surface area (Å²) < 4.78 is 10.6. The number of nitrogens with zero attached hydrogens (tertiary/aromatic N) is 1. The quantitative estimate of drug-likeness (QED) is 0.472. The summed E-state index contributed by atoms with van der Waals surface area (Å²) >= 11 is 1.57. The minimum atomic E-state index is -0.919. The second-order valence-electron chi connectivity index (χ2n) is 9.41. The molecule has 9 heteroatoms. The zero-order valence-corrected chi connectivity index (χ0v) is 22.9. The number of thioether (sulfide) groups is 1. The lowest BCUT2D eigenvalue weighted by Crippen LogP contribution is -2.51. The summed E-state index contributed by atoms with van der Waals surface area (Å²) in [7, 11) is 3.15. The first-order chi connectivity index (χ1) is 17.0. The van der Waals surface area contributed by atoms with Gasteiger partial charge in [-0.1, -0.05) is 24.3 Å². The van der Waals surface area contributed by atoms with E-state index < -0.39 is 23.8 Å². The van der Waals surface area contributed by atoms with Crippen LogP contribution in [0.25, 0.3) is 0 Å². The van der Waals surface area contributed by atoms with Crippen LogP contribution in [0, 0.1) is 6.92 Å². The van der Waals surface area contributed by atoms with Crippen LogP contribution in [0.4, 0.5) is 10.5 Å². The Balaban J connectivity index is 2.35. The highest BCUT2D eigenvalue weighted by molar-refractivity contribution is 7.98. The Kier molecular flexibility index (Phi) is 10.6. The van der Waals surface area contributed by atoms with Gasteiger partial charge in [0.15, 0.2) is 0 Å². The molecular formula is C27H37N3O5S. The predicted molar refractivity (Wildman–Crippen MR) is 144 cm³/mol. The molecule has 0 radical (unpaired) electrons. The molecule has 0 saturated carbocycles. The maximum absolute atomic E-state index is 13.7. The van der Waals surface area contributed by atoms with Crippen LogP contribution in [-0.2, 0) is 14.3 Å². The van der Waals surface area contributed by atoms with Gasteiger partial charge in [0.1, 0.15) is 23.4 Å². The highest BCUT2D eigenvalue weighted by Gasteiger charge is 2.34. The second kappa shape index (κ2) is 13.2. The van der Waals surface area contributed by atoms with Crippen LogP contribution in [0.5, 0.6) is 5.75 Å². The van der Waals surface area contributed by atoms with Gasteiger partial charge in [-0.05, 0) is 81.5 Å². The third-order valence-electron chi connectivity index (χ3n) is 5.42. The van der Waals surface area contributed by atoms with E-state index in [-0.39, 0.29) is 11.8 Å². The number of ether oxygens (including phenoxy) is 2. The molecule has 0 spiro atoms. The Labute approximate surface area is 218 Å². The van der Waals surface area contributed by atoms with Crippen molar-refractivity contribution in [1.29, 1.82) is 0 Å². The summed E-state index contributed by atoms with van der Waals surface area (Å²) in [5.74, 6) is 0.562. The molecule has 2 aromatic carbocycles. The standard InChI is InChI=1S/C27H37N3O5S/c1-18-10-8-9-11-21(18)23(24(31)28-19-12-14-20(34-6)15-13-19)30(5)25(32)22(16-17-36-7)29-26(33)35-27(2,3)4/h8-15,22-23H,16-17H2,1-7H3,(H,28,31)(H,29,33). The van der Waals surface area contributed by atoms with Crippen LogP contribution in [0.15, 0.2) is 48.5 Å². The Morgan fingerprint density at radius 1 is 1.06 bits per heavy atom. The fourth-order valence-corrected chi connectivity index (χ4v) is 4.09. The lowest BCUT2D eigenvalue weighted by molar-refractivity contribution is -0.139. The van der Waals surface area contributed by atoms with Crippen LogP contribution < -0.4 is 15.4 Å². The molecular weight excluding hydrogens is 478 g/mol. The predicted octanol–water partition coefficient (Wildman–Crippen LogP) is 4.79. The monoisotopic (exact) mass is 515 g/mol. The summed E-state index contributed by atoms with van der Waals surface area (Å²) in [4.78, 5) is 41.1. The third kappa shape index (κ3) is 8.48. The number of alkyl carbamates (subject to hydrolysis) is 1. The minimum absolute atomic E-state index is 0.369. The first-order valence-electron chi connectivity index (χ1n) is 11.7. The van der Waals surface area contributed by atoms with E-state index in [1.165, 1.54) is 4.90 Å². The van der Waals surface area contributed by atoms with Gasteiger partial charge in [-0.3, -0.25) is 9.59 Å². The maximum Gasteiger partial charge on any atom is 0.408 e. The summed E-state index contributed by atoms with van der Waals surface area (Å²) in [5, 5.41) is 5.60. The first kappa shape index (κ1) is 29.0. The number of anilines is 1. The van der Waals surface area contributed by atoms with Crippen molar-refractivity contribution in [2.24, 2.45) is 0 Å². The molecule has 0 aromatic heterocycles. The first-order valence-corrected chi connectivity index (χ1v) is 13.1. The Bertz CT molecular complexity index is 1040. The van der Waals surface area contributed by atoms with Crippen molar-refractivity contribution in [3.8, 4) is 5.75 Å². The van der Waals surface area contributed by atoms with Gasteiger partial charge in [0.05, 0.1) is 7.11 Å². The summed E-state index contributed by atoms with van der Waals surface area (Å²) in [6.07, 6.45) is 1.65.